The second-order valence-electron chi connectivity index (χ2n) is 9.34. The van der Waals surface area contributed by atoms with E-state index < -0.39 is 5.60 Å². The average molecular weight is 418 g/mol. The van der Waals surface area contributed by atoms with E-state index in [-0.39, 0.29) is 11.6 Å². The first-order valence-corrected chi connectivity index (χ1v) is 11.4. The van der Waals surface area contributed by atoms with Crippen molar-refractivity contribution in [3.63, 3.8) is 0 Å². The molecule has 1 fully saturated rings. The third-order valence-electron chi connectivity index (χ3n) is 6.50. The average Bonchev–Trinajstić information content (AvgIpc) is 3.08. The number of aromatic nitrogens is 1. The van der Waals surface area contributed by atoms with Gasteiger partial charge in [-0.25, -0.2) is 9.37 Å². The molecule has 1 aliphatic carbocycles. The molecule has 1 aromatic carbocycles. The third-order valence-corrected chi connectivity index (χ3v) is 7.50. The third kappa shape index (κ3) is 5.13. The number of halogens is 1. The van der Waals surface area contributed by atoms with Crippen molar-refractivity contribution in [3.05, 3.63) is 51.2 Å². The Labute approximate surface area is 177 Å². The Hall–Kier alpha value is -1.59. The number of Topliss-reactive ketones (excluding diaryl/α,β-unsaturated/α-hetero) is 1. The number of hydrogen-bond acceptors (Lipinski definition) is 4. The molecule has 3 rings (SSSR count). The van der Waals surface area contributed by atoms with Gasteiger partial charge < -0.3 is 5.11 Å². The van der Waals surface area contributed by atoms with Gasteiger partial charge in [-0.3, -0.25) is 4.79 Å². The summed E-state index contributed by atoms with van der Waals surface area (Å²) in [6.07, 6.45) is 3.63. The first kappa shape index (κ1) is 22.1. The van der Waals surface area contributed by atoms with E-state index in [4.69, 9.17) is 4.98 Å². The fraction of sp³-hybridized carbons (Fsp3) is 0.583. The Bertz CT molecular complexity index is 870. The summed E-state index contributed by atoms with van der Waals surface area (Å²) >= 11 is 1.64. The first-order valence-electron chi connectivity index (χ1n) is 10.5. The number of aryl methyl sites for hydroxylation is 1. The fourth-order valence-corrected chi connectivity index (χ4v) is 5.76. The molecule has 0 radical (unpaired) electrons. The number of ketones is 1. The van der Waals surface area contributed by atoms with Gasteiger partial charge >= 0.3 is 0 Å². The van der Waals surface area contributed by atoms with Gasteiger partial charge in [0.15, 0.2) is 5.78 Å². The van der Waals surface area contributed by atoms with Crippen molar-refractivity contribution >= 4 is 17.1 Å². The van der Waals surface area contributed by atoms with E-state index in [1.165, 1.54) is 12.1 Å². The van der Waals surface area contributed by atoms with Gasteiger partial charge in [-0.05, 0) is 81.5 Å². The number of thiazole rings is 1. The van der Waals surface area contributed by atoms with Crippen molar-refractivity contribution in [1.82, 2.24) is 4.98 Å². The maximum absolute atomic E-state index is 13.4. The highest BCUT2D eigenvalue weighted by Gasteiger charge is 2.34. The molecule has 5 heteroatoms. The first-order chi connectivity index (χ1) is 13.6. The van der Waals surface area contributed by atoms with Crippen molar-refractivity contribution in [2.45, 2.75) is 71.8 Å². The van der Waals surface area contributed by atoms with Crippen molar-refractivity contribution in [2.24, 2.45) is 17.8 Å². The van der Waals surface area contributed by atoms with Crippen LogP contribution in [0.1, 0.15) is 85.9 Å². The highest BCUT2D eigenvalue weighted by Crippen LogP contribution is 2.43. The number of benzene rings is 1. The van der Waals surface area contributed by atoms with E-state index in [1.54, 1.807) is 38.2 Å². The fourth-order valence-electron chi connectivity index (χ4n) is 4.63. The molecule has 1 saturated carbocycles. The standard InChI is InChI=1S/C24H32FNO2S/c1-14-6-7-17(23-26-22(13-29-23)24(4,5)28)10-15(2)20(14)12-21(27)19-9-8-18(25)11-16(19)3/h8-9,11,13-15,17,20,28H,6-7,10,12H2,1-5H3. The summed E-state index contributed by atoms with van der Waals surface area (Å²) in [6.45, 7) is 9.83. The molecule has 4 unspecified atom stereocenters. The maximum Gasteiger partial charge on any atom is 0.163 e. The van der Waals surface area contributed by atoms with E-state index in [0.29, 0.717) is 41.2 Å². The zero-order chi connectivity index (χ0) is 21.3. The van der Waals surface area contributed by atoms with Crippen molar-refractivity contribution in [2.75, 3.05) is 0 Å². The summed E-state index contributed by atoms with van der Waals surface area (Å²) in [6, 6.07) is 4.43. The molecule has 2 aromatic rings. The molecule has 4 atom stereocenters. The smallest absolute Gasteiger partial charge is 0.163 e. The number of carbonyl (C=O) groups excluding carboxylic acids is 1. The molecule has 29 heavy (non-hydrogen) atoms. The van der Waals surface area contributed by atoms with Crippen LogP contribution in [-0.2, 0) is 5.60 Å². The SMILES string of the molecule is Cc1cc(F)ccc1C(=O)CC1C(C)CCC(c2nc(C(C)(C)O)cs2)CC1C. The molecule has 0 amide bonds. The quantitative estimate of drug-likeness (QED) is 0.462. The van der Waals surface area contributed by atoms with E-state index in [2.05, 4.69) is 13.8 Å². The molecular weight excluding hydrogens is 385 g/mol. The summed E-state index contributed by atoms with van der Waals surface area (Å²) in [7, 11) is 0. The molecule has 1 N–H and O–H groups in total. The van der Waals surface area contributed by atoms with Gasteiger partial charge in [-0.1, -0.05) is 13.8 Å². The van der Waals surface area contributed by atoms with E-state index >= 15 is 0 Å². The minimum atomic E-state index is -0.916. The summed E-state index contributed by atoms with van der Waals surface area (Å²) in [5.41, 5.74) is 1.17. The van der Waals surface area contributed by atoms with Gasteiger partial charge in [0.1, 0.15) is 11.4 Å². The van der Waals surface area contributed by atoms with Crippen LogP contribution in [0.2, 0.25) is 0 Å². The van der Waals surface area contributed by atoms with Gasteiger partial charge in [0, 0.05) is 23.3 Å². The Morgan fingerprint density at radius 1 is 1.28 bits per heavy atom. The topological polar surface area (TPSA) is 50.2 Å². The second kappa shape index (κ2) is 8.65. The van der Waals surface area contributed by atoms with Crippen LogP contribution in [0.25, 0.3) is 0 Å². The van der Waals surface area contributed by atoms with E-state index in [1.807, 2.05) is 5.38 Å². The number of nitrogens with zero attached hydrogens (tertiary/aromatic N) is 1. The van der Waals surface area contributed by atoms with E-state index in [0.717, 1.165) is 30.0 Å². The lowest BCUT2D eigenvalue weighted by Crippen LogP contribution is -2.22. The number of aliphatic hydroxyl groups is 1. The number of rotatable bonds is 5. The van der Waals surface area contributed by atoms with Crippen LogP contribution in [-0.4, -0.2) is 15.9 Å². The Morgan fingerprint density at radius 2 is 2.00 bits per heavy atom. The molecule has 1 aliphatic rings. The predicted octanol–water partition coefficient (Wildman–Crippen LogP) is 6.25. The molecule has 1 aromatic heterocycles. The van der Waals surface area contributed by atoms with Crippen LogP contribution in [0.4, 0.5) is 4.39 Å². The summed E-state index contributed by atoms with van der Waals surface area (Å²) in [5.74, 6) is 1.35. The Balaban J connectivity index is 1.73. The van der Waals surface area contributed by atoms with Gasteiger partial charge in [-0.2, -0.15) is 0 Å². The van der Waals surface area contributed by atoms with E-state index in [9.17, 15) is 14.3 Å². The number of carbonyl (C=O) groups is 1. The van der Waals surface area contributed by atoms with Gasteiger partial charge in [0.25, 0.3) is 0 Å². The Kier molecular flexibility index (Phi) is 6.59. The highest BCUT2D eigenvalue weighted by molar-refractivity contribution is 7.09. The Morgan fingerprint density at radius 3 is 2.62 bits per heavy atom. The maximum atomic E-state index is 13.4. The van der Waals surface area contributed by atoms with Gasteiger partial charge in [0.05, 0.1) is 10.7 Å². The minimum Gasteiger partial charge on any atom is -0.384 e. The lowest BCUT2D eigenvalue weighted by molar-refractivity contribution is 0.0742. The summed E-state index contributed by atoms with van der Waals surface area (Å²) in [5, 5.41) is 13.3. The van der Waals surface area contributed by atoms with Crippen LogP contribution in [0, 0.1) is 30.5 Å². The normalized spacial score (nSPS) is 25.6. The molecule has 0 aliphatic heterocycles. The zero-order valence-corrected chi connectivity index (χ0v) is 18.9. The van der Waals surface area contributed by atoms with Crippen LogP contribution >= 0.6 is 11.3 Å². The van der Waals surface area contributed by atoms with Crippen LogP contribution in [0.3, 0.4) is 0 Å². The summed E-state index contributed by atoms with van der Waals surface area (Å²) < 4.78 is 13.4. The second-order valence-corrected chi connectivity index (χ2v) is 10.2. The predicted molar refractivity (Wildman–Crippen MR) is 116 cm³/mol. The highest BCUT2D eigenvalue weighted by atomic mass is 32.1. The molecular formula is C24H32FNO2S. The largest absolute Gasteiger partial charge is 0.384 e. The molecule has 158 valence electrons. The van der Waals surface area contributed by atoms with Gasteiger partial charge in [-0.15, -0.1) is 11.3 Å². The molecule has 0 saturated heterocycles. The molecule has 0 bridgehead atoms. The van der Waals surface area contributed by atoms with Gasteiger partial charge in [0.2, 0.25) is 0 Å². The molecule has 1 heterocycles. The van der Waals surface area contributed by atoms with Crippen molar-refractivity contribution in [3.8, 4) is 0 Å². The van der Waals surface area contributed by atoms with Crippen molar-refractivity contribution in [1.29, 1.82) is 0 Å². The van der Waals surface area contributed by atoms with Crippen molar-refractivity contribution < 1.29 is 14.3 Å². The van der Waals surface area contributed by atoms with Crippen LogP contribution in [0.5, 0.6) is 0 Å². The lowest BCUT2D eigenvalue weighted by Gasteiger charge is -2.27. The molecule has 0 spiro atoms. The minimum absolute atomic E-state index is 0.114. The number of hydrogen-bond donors (Lipinski definition) is 1. The summed E-state index contributed by atoms with van der Waals surface area (Å²) in [4.78, 5) is 17.7. The van der Waals surface area contributed by atoms with Crippen LogP contribution in [0.15, 0.2) is 23.6 Å². The van der Waals surface area contributed by atoms with Crippen LogP contribution < -0.4 is 0 Å². The zero-order valence-electron chi connectivity index (χ0n) is 18.0. The monoisotopic (exact) mass is 417 g/mol. The lowest BCUT2D eigenvalue weighted by atomic mass is 9.78. The molecule has 3 nitrogen and oxygen atoms in total.